The summed E-state index contributed by atoms with van der Waals surface area (Å²) >= 11 is 0. The van der Waals surface area contributed by atoms with Crippen LogP contribution in [0.1, 0.15) is 31.9 Å². The molecular weight excluding hydrogens is 773 g/mol. The van der Waals surface area contributed by atoms with Crippen molar-refractivity contribution in [1.82, 2.24) is 0 Å². The quantitative estimate of drug-likeness (QED) is 0.136. The van der Waals surface area contributed by atoms with Crippen LogP contribution < -0.4 is 20.2 Å². The van der Waals surface area contributed by atoms with E-state index >= 15 is 0 Å². The minimum absolute atomic E-state index is 0.130. The van der Waals surface area contributed by atoms with Crippen LogP contribution in [0.2, 0.25) is 0 Å². The van der Waals surface area contributed by atoms with Crippen LogP contribution in [-0.2, 0) is 5.41 Å². The lowest BCUT2D eigenvalue weighted by molar-refractivity contribution is 0.660. The predicted octanol–water partition coefficient (Wildman–Crippen LogP) is 15.4. The number of nitrogens with zero attached hydrogens (tertiary/aromatic N) is 2. The van der Waals surface area contributed by atoms with E-state index in [-0.39, 0.29) is 5.41 Å². The van der Waals surface area contributed by atoms with E-state index in [1.165, 1.54) is 33.4 Å². The van der Waals surface area contributed by atoms with Gasteiger partial charge in [-0.3, -0.25) is 0 Å². The van der Waals surface area contributed by atoms with Crippen LogP contribution in [0.4, 0.5) is 28.4 Å². The second-order valence-corrected chi connectivity index (χ2v) is 16.9. The van der Waals surface area contributed by atoms with E-state index in [2.05, 4.69) is 268 Å². The summed E-state index contributed by atoms with van der Waals surface area (Å²) in [6, 6.07) is 81.2. The molecular formula is C62H50N2. The molecule has 1 aliphatic rings. The van der Waals surface area contributed by atoms with E-state index in [1.807, 2.05) is 6.08 Å². The summed E-state index contributed by atoms with van der Waals surface area (Å²) in [7, 11) is 0. The summed E-state index contributed by atoms with van der Waals surface area (Å²) in [5, 5.41) is 2.29. The summed E-state index contributed by atoms with van der Waals surface area (Å²) < 4.78 is 0. The molecule has 0 aromatic heterocycles. The van der Waals surface area contributed by atoms with E-state index in [4.69, 9.17) is 0 Å². The van der Waals surface area contributed by atoms with Gasteiger partial charge in [-0.15, -0.1) is 0 Å². The van der Waals surface area contributed by atoms with Crippen molar-refractivity contribution in [3.05, 3.63) is 259 Å². The Labute approximate surface area is 377 Å². The Balaban J connectivity index is 1.09. The molecule has 308 valence electrons. The van der Waals surface area contributed by atoms with Crippen LogP contribution in [0.15, 0.2) is 237 Å². The monoisotopic (exact) mass is 822 g/mol. The second-order valence-electron chi connectivity index (χ2n) is 16.9. The average molecular weight is 823 g/mol. The molecule has 0 heterocycles. The van der Waals surface area contributed by atoms with Crippen molar-refractivity contribution in [2.45, 2.75) is 26.2 Å². The summed E-state index contributed by atoms with van der Waals surface area (Å²) in [4.78, 5) is 4.77. The number of fused-ring (bicyclic) bond motifs is 3. The molecule has 1 aliphatic carbocycles. The molecule has 0 N–H and O–H groups in total. The van der Waals surface area contributed by atoms with E-state index in [9.17, 15) is 0 Å². The van der Waals surface area contributed by atoms with Gasteiger partial charge in [0.1, 0.15) is 0 Å². The zero-order valence-electron chi connectivity index (χ0n) is 36.6. The van der Waals surface area contributed by atoms with Crippen LogP contribution in [-0.4, -0.2) is 0 Å². The molecule has 2 nitrogen and oxygen atoms in total. The number of benzene rings is 9. The molecule has 9 aromatic rings. The third kappa shape index (κ3) is 7.23. The fourth-order valence-electron chi connectivity index (χ4n) is 9.64. The lowest BCUT2D eigenvalue weighted by atomic mass is 9.82. The van der Waals surface area contributed by atoms with E-state index in [0.717, 1.165) is 66.8 Å². The first-order valence-electron chi connectivity index (χ1n) is 22.2. The smallest absolute Gasteiger partial charge is 0.0540 e. The molecule has 0 saturated carbocycles. The van der Waals surface area contributed by atoms with Crippen LogP contribution >= 0.6 is 0 Å². The molecule has 0 saturated heterocycles. The Morgan fingerprint density at radius 1 is 0.422 bits per heavy atom. The first kappa shape index (κ1) is 40.2. The van der Waals surface area contributed by atoms with Gasteiger partial charge in [-0.1, -0.05) is 202 Å². The number of anilines is 5. The van der Waals surface area contributed by atoms with E-state index in [1.54, 1.807) is 0 Å². The molecule has 0 amide bonds. The van der Waals surface area contributed by atoms with Crippen molar-refractivity contribution in [2.24, 2.45) is 0 Å². The summed E-state index contributed by atoms with van der Waals surface area (Å²) in [6.07, 6.45) is 4.14. The first-order valence-corrected chi connectivity index (χ1v) is 22.2. The molecule has 0 bridgehead atoms. The van der Waals surface area contributed by atoms with Crippen LogP contribution in [0, 0.1) is 0 Å². The van der Waals surface area contributed by atoms with Crippen molar-refractivity contribution < 1.29 is 0 Å². The van der Waals surface area contributed by atoms with Crippen LogP contribution in [0.25, 0.3) is 56.3 Å². The third-order valence-corrected chi connectivity index (χ3v) is 12.9. The Kier molecular flexibility index (Phi) is 10.7. The molecule has 9 aromatic carbocycles. The highest BCUT2D eigenvalue weighted by Crippen LogP contribution is 2.51. The van der Waals surface area contributed by atoms with Gasteiger partial charge in [0.15, 0.2) is 0 Å². The zero-order chi connectivity index (χ0) is 43.6. The largest absolute Gasteiger partial charge is 0.310 e. The first-order chi connectivity index (χ1) is 31.4. The molecule has 0 fully saturated rings. The molecule has 0 aliphatic heterocycles. The van der Waals surface area contributed by atoms with Gasteiger partial charge in [-0.25, -0.2) is 0 Å². The Bertz CT molecular complexity index is 3250. The number of para-hydroxylation sites is 3. The van der Waals surface area contributed by atoms with Crippen molar-refractivity contribution in [1.29, 1.82) is 0 Å². The fraction of sp³-hybridized carbons (Fsp3) is 0.0645. The maximum Gasteiger partial charge on any atom is 0.0540 e. The van der Waals surface area contributed by atoms with Crippen molar-refractivity contribution >= 4 is 40.2 Å². The molecule has 64 heavy (non-hydrogen) atoms. The maximum atomic E-state index is 4.35. The second kappa shape index (κ2) is 17.1. The number of rotatable bonds is 10. The topological polar surface area (TPSA) is 6.48 Å². The van der Waals surface area contributed by atoms with Gasteiger partial charge < -0.3 is 9.80 Å². The minimum atomic E-state index is -0.130. The van der Waals surface area contributed by atoms with Gasteiger partial charge in [-0.05, 0) is 111 Å². The number of hydrogen-bond donors (Lipinski definition) is 0. The van der Waals surface area contributed by atoms with Crippen molar-refractivity contribution in [2.75, 3.05) is 9.80 Å². The van der Waals surface area contributed by atoms with E-state index in [0.29, 0.717) is 0 Å². The predicted molar refractivity (Wildman–Crippen MR) is 273 cm³/mol. The van der Waals surface area contributed by atoms with Crippen molar-refractivity contribution in [3.63, 3.8) is 0 Å². The van der Waals surface area contributed by atoms with Crippen molar-refractivity contribution in [3.8, 4) is 44.5 Å². The average Bonchev–Trinajstić information content (AvgIpc) is 3.59. The Morgan fingerprint density at radius 3 is 1.59 bits per heavy atom. The zero-order valence-corrected chi connectivity index (χ0v) is 36.6. The summed E-state index contributed by atoms with van der Waals surface area (Å²) in [6.45, 7) is 11.1. The van der Waals surface area contributed by atoms with Gasteiger partial charge in [0.25, 0.3) is 0 Å². The standard InChI is InChI=1S/C62H50N2/c1-5-44-21-13-14-26-52(44)59(6-2)64(49-24-11-8-12-25-49)61-32-20-17-28-54(61)48-35-33-47(34-36-48)53-27-16-19-31-60(53)63(50-39-37-46(38-40-50)45-22-9-7-10-23-45)51-41-42-56-55-29-15-18-30-57(55)62(3,4)58(56)43-51/h5-43H,2H2,1,3-4H3/b44-5-,59-52+. The van der Waals surface area contributed by atoms with Gasteiger partial charge >= 0.3 is 0 Å². The van der Waals surface area contributed by atoms with E-state index < -0.39 is 0 Å². The lowest BCUT2D eigenvalue weighted by Gasteiger charge is -2.30. The minimum Gasteiger partial charge on any atom is -0.310 e. The third-order valence-electron chi connectivity index (χ3n) is 12.9. The lowest BCUT2D eigenvalue weighted by Crippen LogP contribution is -2.32. The summed E-state index contributed by atoms with van der Waals surface area (Å²) in [5.41, 5.74) is 18.7. The van der Waals surface area contributed by atoms with Crippen LogP contribution in [0.5, 0.6) is 0 Å². The Hall–Kier alpha value is -7.94. The summed E-state index contributed by atoms with van der Waals surface area (Å²) in [5.74, 6) is 0. The maximum absolute atomic E-state index is 4.35. The van der Waals surface area contributed by atoms with Gasteiger partial charge in [0.05, 0.1) is 17.1 Å². The fourth-order valence-corrected chi connectivity index (χ4v) is 9.64. The SMILES string of the molecule is C=C/C(=c1/cccc/c1=C/C)N(c1ccccc1)c1ccccc1-c1ccc(-c2ccccc2N(c2ccc(-c3ccccc3)cc2)c2ccc3c(c2)C(C)(C)c2ccccc2-3)cc1. The molecule has 0 radical (unpaired) electrons. The molecule has 10 rings (SSSR count). The van der Waals surface area contributed by atoms with Crippen LogP contribution in [0.3, 0.4) is 0 Å². The molecule has 0 spiro atoms. The van der Waals surface area contributed by atoms with Gasteiger partial charge in [-0.2, -0.15) is 0 Å². The van der Waals surface area contributed by atoms with Gasteiger partial charge in [0, 0.05) is 38.8 Å². The highest BCUT2D eigenvalue weighted by atomic mass is 15.2. The highest BCUT2D eigenvalue weighted by Gasteiger charge is 2.36. The highest BCUT2D eigenvalue weighted by molar-refractivity contribution is 5.94. The molecule has 2 heteroatoms. The molecule has 0 unspecified atom stereocenters. The molecule has 0 atom stereocenters. The van der Waals surface area contributed by atoms with Gasteiger partial charge in [0.2, 0.25) is 0 Å². The normalized spacial score (nSPS) is 13.1. The Morgan fingerprint density at radius 2 is 0.922 bits per heavy atom. The number of hydrogen-bond acceptors (Lipinski definition) is 2.